The number of nitrogens with one attached hydrogen (secondary N) is 1. The molecule has 0 radical (unpaired) electrons. The van der Waals surface area contributed by atoms with Crippen molar-refractivity contribution in [3.63, 3.8) is 0 Å². The zero-order chi connectivity index (χ0) is 14.4. The van der Waals surface area contributed by atoms with Gasteiger partial charge in [0.15, 0.2) is 0 Å². The Balaban J connectivity index is 1.93. The zero-order valence-corrected chi connectivity index (χ0v) is 13.5. The van der Waals surface area contributed by atoms with E-state index in [4.69, 9.17) is 11.6 Å². The fourth-order valence-electron chi connectivity index (χ4n) is 2.74. The smallest absolute Gasteiger partial charge is 0.251 e. The van der Waals surface area contributed by atoms with E-state index in [0.29, 0.717) is 11.4 Å². The van der Waals surface area contributed by atoms with E-state index in [1.54, 1.807) is 0 Å². The Morgan fingerprint density at radius 3 is 2.45 bits per heavy atom. The normalized spacial score (nSPS) is 17.7. The topological polar surface area (TPSA) is 29.1 Å². The first-order chi connectivity index (χ1) is 9.69. The molecule has 0 aromatic heterocycles. The molecule has 0 spiro atoms. The number of amides is 1. The molecular formula is C16H22ClNOS. The van der Waals surface area contributed by atoms with Gasteiger partial charge in [0.2, 0.25) is 0 Å². The van der Waals surface area contributed by atoms with Crippen molar-refractivity contribution in [1.29, 1.82) is 0 Å². The maximum absolute atomic E-state index is 12.2. The fourth-order valence-corrected chi connectivity index (χ4v) is 3.83. The summed E-state index contributed by atoms with van der Waals surface area (Å²) in [7, 11) is 0. The minimum absolute atomic E-state index is 0.0186. The summed E-state index contributed by atoms with van der Waals surface area (Å²) in [6.45, 7) is 0.768. The van der Waals surface area contributed by atoms with Gasteiger partial charge in [-0.15, -0.1) is 11.6 Å². The number of benzene rings is 1. The molecule has 2 rings (SSSR count). The molecule has 110 valence electrons. The largest absolute Gasteiger partial charge is 0.351 e. The minimum Gasteiger partial charge on any atom is -0.351 e. The summed E-state index contributed by atoms with van der Waals surface area (Å²) in [6, 6.07) is 7.51. The van der Waals surface area contributed by atoms with Crippen molar-refractivity contribution in [3.05, 3.63) is 35.4 Å². The van der Waals surface area contributed by atoms with Gasteiger partial charge in [-0.3, -0.25) is 4.79 Å². The van der Waals surface area contributed by atoms with Gasteiger partial charge in [0.05, 0.1) is 0 Å². The van der Waals surface area contributed by atoms with Gasteiger partial charge in [0.1, 0.15) is 0 Å². The molecule has 0 atom stereocenters. The number of rotatable bonds is 5. The Morgan fingerprint density at radius 1 is 1.25 bits per heavy atom. The number of halogens is 1. The van der Waals surface area contributed by atoms with E-state index in [1.807, 2.05) is 36.0 Å². The highest BCUT2D eigenvalue weighted by molar-refractivity contribution is 8.00. The van der Waals surface area contributed by atoms with Gasteiger partial charge < -0.3 is 5.32 Å². The lowest BCUT2D eigenvalue weighted by Gasteiger charge is -2.35. The Hall–Kier alpha value is -0.670. The van der Waals surface area contributed by atoms with Crippen molar-refractivity contribution in [2.24, 2.45) is 0 Å². The molecule has 0 bridgehead atoms. The highest BCUT2D eigenvalue weighted by Gasteiger charge is 2.31. The first-order valence-corrected chi connectivity index (χ1v) is 8.93. The van der Waals surface area contributed by atoms with Crippen molar-refractivity contribution in [2.75, 3.05) is 12.8 Å². The maximum atomic E-state index is 12.2. The summed E-state index contributed by atoms with van der Waals surface area (Å²) >= 11 is 7.66. The monoisotopic (exact) mass is 311 g/mol. The van der Waals surface area contributed by atoms with Crippen LogP contribution in [0.4, 0.5) is 0 Å². The quantitative estimate of drug-likeness (QED) is 0.825. The lowest BCUT2D eigenvalue weighted by atomic mass is 9.88. The molecule has 0 aliphatic heterocycles. The summed E-state index contributed by atoms with van der Waals surface area (Å²) in [4.78, 5) is 12.2. The minimum atomic E-state index is 0.0186. The third kappa shape index (κ3) is 3.92. The molecule has 0 heterocycles. The van der Waals surface area contributed by atoms with E-state index in [-0.39, 0.29) is 10.7 Å². The van der Waals surface area contributed by atoms with E-state index < -0.39 is 0 Å². The Bertz CT molecular complexity index is 440. The van der Waals surface area contributed by atoms with Crippen LogP contribution < -0.4 is 5.32 Å². The van der Waals surface area contributed by atoms with Crippen LogP contribution in [0, 0.1) is 0 Å². The lowest BCUT2D eigenvalue weighted by molar-refractivity contribution is 0.0947. The molecule has 1 aliphatic rings. The van der Waals surface area contributed by atoms with E-state index in [1.165, 1.54) is 32.1 Å². The van der Waals surface area contributed by atoms with Gasteiger partial charge in [-0.2, -0.15) is 11.8 Å². The second-order valence-electron chi connectivity index (χ2n) is 5.46. The zero-order valence-electron chi connectivity index (χ0n) is 12.0. The summed E-state index contributed by atoms with van der Waals surface area (Å²) in [5, 5.41) is 3.11. The maximum Gasteiger partial charge on any atom is 0.251 e. The van der Waals surface area contributed by atoms with Crippen LogP contribution in [0.1, 0.15) is 48.0 Å². The molecular weight excluding hydrogens is 290 g/mol. The third-order valence-electron chi connectivity index (χ3n) is 4.14. The van der Waals surface area contributed by atoms with E-state index in [0.717, 1.165) is 12.1 Å². The van der Waals surface area contributed by atoms with Crippen LogP contribution >= 0.6 is 23.4 Å². The third-order valence-corrected chi connectivity index (χ3v) is 5.87. The number of alkyl halides is 1. The van der Waals surface area contributed by atoms with Crippen molar-refractivity contribution >= 4 is 29.3 Å². The molecule has 1 aromatic rings. The van der Waals surface area contributed by atoms with E-state index in [2.05, 4.69) is 11.6 Å². The average Bonchev–Trinajstić information content (AvgIpc) is 2.53. The molecule has 2 nitrogen and oxygen atoms in total. The van der Waals surface area contributed by atoms with Crippen LogP contribution in [0.2, 0.25) is 0 Å². The average molecular weight is 312 g/mol. The van der Waals surface area contributed by atoms with Gasteiger partial charge in [-0.25, -0.2) is 0 Å². The lowest BCUT2D eigenvalue weighted by Crippen LogP contribution is -2.41. The Morgan fingerprint density at radius 2 is 1.90 bits per heavy atom. The highest BCUT2D eigenvalue weighted by atomic mass is 35.5. The molecule has 4 heteroatoms. The van der Waals surface area contributed by atoms with Crippen molar-refractivity contribution in [2.45, 2.75) is 42.7 Å². The Labute approximate surface area is 130 Å². The number of hydrogen-bond donors (Lipinski definition) is 1. The molecule has 20 heavy (non-hydrogen) atoms. The van der Waals surface area contributed by atoms with Crippen LogP contribution in [-0.4, -0.2) is 23.5 Å². The van der Waals surface area contributed by atoms with Crippen molar-refractivity contribution < 1.29 is 4.79 Å². The fraction of sp³-hybridized carbons (Fsp3) is 0.562. The van der Waals surface area contributed by atoms with E-state index in [9.17, 15) is 4.79 Å². The molecule has 1 fully saturated rings. The first kappa shape index (κ1) is 15.7. The molecule has 1 aliphatic carbocycles. The second-order valence-corrected chi connectivity index (χ2v) is 7.00. The Kier molecular flexibility index (Phi) is 5.79. The molecule has 1 amide bonds. The van der Waals surface area contributed by atoms with Crippen molar-refractivity contribution in [3.8, 4) is 0 Å². The van der Waals surface area contributed by atoms with Crippen molar-refractivity contribution in [1.82, 2.24) is 5.32 Å². The first-order valence-electron chi connectivity index (χ1n) is 7.17. The van der Waals surface area contributed by atoms with Gasteiger partial charge in [0, 0.05) is 22.7 Å². The van der Waals surface area contributed by atoms with Crippen LogP contribution in [0.5, 0.6) is 0 Å². The predicted octanol–water partition coefficient (Wildman–Crippen LogP) is 4.22. The van der Waals surface area contributed by atoms with Gasteiger partial charge in [-0.1, -0.05) is 31.4 Å². The highest BCUT2D eigenvalue weighted by Crippen LogP contribution is 2.37. The predicted molar refractivity (Wildman–Crippen MR) is 87.7 cm³/mol. The van der Waals surface area contributed by atoms with Crippen LogP contribution in [0.3, 0.4) is 0 Å². The number of carbonyl (C=O) groups is 1. The second kappa shape index (κ2) is 7.37. The number of thioether (sulfide) groups is 1. The summed E-state index contributed by atoms with van der Waals surface area (Å²) in [5.41, 5.74) is 1.75. The molecule has 1 aromatic carbocycles. The summed E-state index contributed by atoms with van der Waals surface area (Å²) in [6.07, 6.45) is 8.46. The van der Waals surface area contributed by atoms with Gasteiger partial charge >= 0.3 is 0 Å². The van der Waals surface area contributed by atoms with Crippen LogP contribution in [0.25, 0.3) is 0 Å². The summed E-state index contributed by atoms with van der Waals surface area (Å²) in [5.74, 6) is 0.502. The molecule has 1 saturated carbocycles. The molecule has 1 N–H and O–H groups in total. The number of carbonyl (C=O) groups excluding carboxylic acids is 1. The van der Waals surface area contributed by atoms with Gasteiger partial charge in [0.25, 0.3) is 5.91 Å². The standard InChI is InChI=1S/C16H22ClNOS/c1-20-16(9-3-2-4-10-16)12-18-15(19)14-7-5-13(11-17)6-8-14/h5-8H,2-4,9-12H2,1H3,(H,18,19). The molecule has 0 unspecified atom stereocenters. The molecule has 0 saturated heterocycles. The van der Waals surface area contributed by atoms with E-state index >= 15 is 0 Å². The van der Waals surface area contributed by atoms with Gasteiger partial charge in [-0.05, 0) is 36.8 Å². The SMILES string of the molecule is CSC1(CNC(=O)c2ccc(CCl)cc2)CCCCC1. The number of hydrogen-bond acceptors (Lipinski definition) is 2. The van der Waals surface area contributed by atoms with Crippen LogP contribution in [0.15, 0.2) is 24.3 Å². The van der Waals surface area contributed by atoms with Crippen LogP contribution in [-0.2, 0) is 5.88 Å². The summed E-state index contributed by atoms with van der Waals surface area (Å²) < 4.78 is 0.240.